The summed E-state index contributed by atoms with van der Waals surface area (Å²) in [5, 5.41) is 3.94. The second-order valence-corrected chi connectivity index (χ2v) is 5.54. The molecular formula is C16H24ClN3O2. The lowest BCUT2D eigenvalue weighted by Crippen LogP contribution is -2.39. The third kappa shape index (κ3) is 3.97. The molecule has 1 saturated heterocycles. The summed E-state index contributed by atoms with van der Waals surface area (Å²) in [6.45, 7) is 5.24. The summed E-state index contributed by atoms with van der Waals surface area (Å²) in [5.41, 5.74) is 1.03. The normalized spacial score (nSPS) is 15.1. The smallest absolute Gasteiger partial charge is 0.193 e. The van der Waals surface area contributed by atoms with Crippen LogP contribution in [-0.4, -0.2) is 44.7 Å². The molecule has 0 radical (unpaired) electrons. The molecule has 22 heavy (non-hydrogen) atoms. The van der Waals surface area contributed by atoms with E-state index in [0.29, 0.717) is 29.7 Å². The lowest BCUT2D eigenvalue weighted by atomic mass is 10.2. The van der Waals surface area contributed by atoms with Crippen LogP contribution < -0.4 is 14.8 Å². The molecule has 1 fully saturated rings. The lowest BCUT2D eigenvalue weighted by molar-refractivity contribution is 0.311. The maximum Gasteiger partial charge on any atom is 0.193 e. The highest BCUT2D eigenvalue weighted by Gasteiger charge is 2.16. The summed E-state index contributed by atoms with van der Waals surface area (Å²) in [6, 6.07) is 3.85. The summed E-state index contributed by atoms with van der Waals surface area (Å²) in [4.78, 5) is 6.61. The number of nitrogens with one attached hydrogen (secondary N) is 1. The number of guanidine groups is 1. The van der Waals surface area contributed by atoms with Crippen LogP contribution in [0.5, 0.6) is 11.5 Å². The van der Waals surface area contributed by atoms with Gasteiger partial charge in [0.2, 0.25) is 0 Å². The topological polar surface area (TPSA) is 46.1 Å². The Hall–Kier alpha value is -1.62. The van der Waals surface area contributed by atoms with Crippen molar-refractivity contribution < 1.29 is 9.47 Å². The second kappa shape index (κ2) is 8.13. The van der Waals surface area contributed by atoms with Gasteiger partial charge in [-0.1, -0.05) is 11.6 Å². The zero-order valence-corrected chi connectivity index (χ0v) is 14.2. The number of methoxy groups -OCH3 is 1. The maximum absolute atomic E-state index is 6.29. The fraction of sp³-hybridized carbons (Fsp3) is 0.562. The number of likely N-dealkylation sites (tertiary alicyclic amines) is 1. The number of halogens is 1. The monoisotopic (exact) mass is 325 g/mol. The number of ether oxygens (including phenoxy) is 2. The molecule has 0 unspecified atom stereocenters. The minimum Gasteiger partial charge on any atom is -0.493 e. The first-order valence-corrected chi connectivity index (χ1v) is 8.02. The lowest BCUT2D eigenvalue weighted by Gasteiger charge is -2.21. The van der Waals surface area contributed by atoms with E-state index in [1.54, 1.807) is 7.11 Å². The van der Waals surface area contributed by atoms with Gasteiger partial charge >= 0.3 is 0 Å². The Labute approximate surface area is 137 Å². The number of aliphatic imine (C=N–C) groups is 1. The predicted molar refractivity (Wildman–Crippen MR) is 90.2 cm³/mol. The number of rotatable bonds is 5. The molecule has 1 heterocycles. The summed E-state index contributed by atoms with van der Waals surface area (Å²) < 4.78 is 10.9. The molecule has 0 spiro atoms. The van der Waals surface area contributed by atoms with Crippen molar-refractivity contribution in [3.63, 3.8) is 0 Å². The van der Waals surface area contributed by atoms with E-state index in [1.165, 1.54) is 12.8 Å². The van der Waals surface area contributed by atoms with Gasteiger partial charge < -0.3 is 19.7 Å². The molecule has 2 rings (SSSR count). The van der Waals surface area contributed by atoms with Gasteiger partial charge in [-0.25, -0.2) is 0 Å². The first kappa shape index (κ1) is 16.7. The summed E-state index contributed by atoms with van der Waals surface area (Å²) in [6.07, 6.45) is 2.45. The highest BCUT2D eigenvalue weighted by atomic mass is 35.5. The van der Waals surface area contributed by atoms with Crippen molar-refractivity contribution >= 4 is 17.6 Å². The highest BCUT2D eigenvalue weighted by molar-refractivity contribution is 6.32. The first-order chi connectivity index (χ1) is 10.7. The van der Waals surface area contributed by atoms with Gasteiger partial charge in [-0.3, -0.25) is 4.99 Å². The molecule has 0 bridgehead atoms. The van der Waals surface area contributed by atoms with Crippen molar-refractivity contribution in [2.45, 2.75) is 26.3 Å². The third-order valence-electron chi connectivity index (χ3n) is 3.65. The standard InChI is InChI=1S/C16H24ClN3O2/c1-4-22-15-13(17)9-12(10-14(15)21-3)11-19-16(18-2)20-7-5-6-8-20/h9-10H,4-8,11H2,1-3H3,(H,18,19). The molecule has 122 valence electrons. The molecule has 1 aliphatic rings. The predicted octanol–water partition coefficient (Wildman–Crippen LogP) is 2.92. The van der Waals surface area contributed by atoms with E-state index in [1.807, 2.05) is 26.1 Å². The Balaban J connectivity index is 2.07. The average molecular weight is 326 g/mol. The third-order valence-corrected chi connectivity index (χ3v) is 3.93. The van der Waals surface area contributed by atoms with Gasteiger partial charge in [0.25, 0.3) is 0 Å². The van der Waals surface area contributed by atoms with Crippen molar-refractivity contribution in [3.05, 3.63) is 22.7 Å². The van der Waals surface area contributed by atoms with Gasteiger partial charge in [0.05, 0.1) is 18.7 Å². The number of benzene rings is 1. The van der Waals surface area contributed by atoms with Gasteiger partial charge in [0.15, 0.2) is 17.5 Å². The number of hydrogen-bond donors (Lipinski definition) is 1. The molecular weight excluding hydrogens is 302 g/mol. The van der Waals surface area contributed by atoms with Gasteiger partial charge in [-0.2, -0.15) is 0 Å². The Morgan fingerprint density at radius 2 is 2.09 bits per heavy atom. The molecule has 1 aliphatic heterocycles. The van der Waals surface area contributed by atoms with Crippen LogP contribution in [0, 0.1) is 0 Å². The molecule has 1 N–H and O–H groups in total. The van der Waals surface area contributed by atoms with Crippen LogP contribution in [0.3, 0.4) is 0 Å². The molecule has 1 aromatic carbocycles. The van der Waals surface area contributed by atoms with Gasteiger partial charge in [0, 0.05) is 26.7 Å². The molecule has 0 aliphatic carbocycles. The Morgan fingerprint density at radius 3 is 2.68 bits per heavy atom. The first-order valence-electron chi connectivity index (χ1n) is 7.64. The summed E-state index contributed by atoms with van der Waals surface area (Å²) >= 11 is 6.29. The van der Waals surface area contributed by atoms with Crippen molar-refractivity contribution in [1.82, 2.24) is 10.2 Å². The average Bonchev–Trinajstić information content (AvgIpc) is 3.04. The Bertz CT molecular complexity index is 528. The largest absolute Gasteiger partial charge is 0.493 e. The highest BCUT2D eigenvalue weighted by Crippen LogP contribution is 2.36. The number of nitrogens with zero attached hydrogens (tertiary/aromatic N) is 2. The van der Waals surface area contributed by atoms with E-state index < -0.39 is 0 Å². The molecule has 0 atom stereocenters. The van der Waals surface area contributed by atoms with E-state index in [0.717, 1.165) is 24.6 Å². The fourth-order valence-electron chi connectivity index (χ4n) is 2.60. The second-order valence-electron chi connectivity index (χ2n) is 5.14. The van der Waals surface area contributed by atoms with Crippen molar-refractivity contribution in [2.24, 2.45) is 4.99 Å². The van der Waals surface area contributed by atoms with Crippen LogP contribution in [0.4, 0.5) is 0 Å². The van der Waals surface area contributed by atoms with Gasteiger partial charge in [0.1, 0.15) is 0 Å². The van der Waals surface area contributed by atoms with E-state index in [9.17, 15) is 0 Å². The molecule has 1 aromatic rings. The van der Waals surface area contributed by atoms with Crippen molar-refractivity contribution in [3.8, 4) is 11.5 Å². The molecule has 5 nitrogen and oxygen atoms in total. The van der Waals surface area contributed by atoms with Gasteiger partial charge in [-0.05, 0) is 37.5 Å². The summed E-state index contributed by atoms with van der Waals surface area (Å²) in [7, 11) is 3.43. The van der Waals surface area contributed by atoms with E-state index >= 15 is 0 Å². The Kier molecular flexibility index (Phi) is 6.19. The number of hydrogen-bond acceptors (Lipinski definition) is 3. The maximum atomic E-state index is 6.29. The zero-order valence-electron chi connectivity index (χ0n) is 13.5. The van der Waals surface area contributed by atoms with E-state index in [-0.39, 0.29) is 0 Å². The molecule has 0 aromatic heterocycles. The van der Waals surface area contributed by atoms with Crippen LogP contribution >= 0.6 is 11.6 Å². The fourth-order valence-corrected chi connectivity index (χ4v) is 2.89. The van der Waals surface area contributed by atoms with Gasteiger partial charge in [-0.15, -0.1) is 0 Å². The van der Waals surface area contributed by atoms with Crippen LogP contribution in [0.2, 0.25) is 5.02 Å². The van der Waals surface area contributed by atoms with Crippen molar-refractivity contribution in [1.29, 1.82) is 0 Å². The van der Waals surface area contributed by atoms with E-state index in [2.05, 4.69) is 15.2 Å². The van der Waals surface area contributed by atoms with E-state index in [4.69, 9.17) is 21.1 Å². The summed E-state index contributed by atoms with van der Waals surface area (Å²) in [5.74, 6) is 2.18. The zero-order chi connectivity index (χ0) is 15.9. The minimum absolute atomic E-state index is 0.551. The molecule has 0 saturated carbocycles. The van der Waals surface area contributed by atoms with Crippen LogP contribution in [0.1, 0.15) is 25.3 Å². The minimum atomic E-state index is 0.551. The Morgan fingerprint density at radius 1 is 1.36 bits per heavy atom. The van der Waals surface area contributed by atoms with Crippen LogP contribution in [0.15, 0.2) is 17.1 Å². The quantitative estimate of drug-likeness (QED) is 0.668. The van der Waals surface area contributed by atoms with Crippen molar-refractivity contribution in [2.75, 3.05) is 33.9 Å². The SMILES string of the molecule is CCOc1c(Cl)cc(CNC(=NC)N2CCCC2)cc1OC. The molecule has 6 heteroatoms. The van der Waals surface area contributed by atoms with Crippen LogP contribution in [-0.2, 0) is 6.54 Å². The van der Waals surface area contributed by atoms with Crippen LogP contribution in [0.25, 0.3) is 0 Å². The molecule has 0 amide bonds.